The molecule has 4 atom stereocenters. The number of aryl methyl sites for hydroxylation is 1. The third-order valence-corrected chi connectivity index (χ3v) is 7.03. The van der Waals surface area contributed by atoms with Gasteiger partial charge >= 0.3 is 0 Å². The fraction of sp³-hybridized carbons (Fsp3) is 0.500. The van der Waals surface area contributed by atoms with Gasteiger partial charge in [-0.3, -0.25) is 9.59 Å². The first-order valence-corrected chi connectivity index (χ1v) is 10.4. The zero-order valence-electron chi connectivity index (χ0n) is 16.5. The number of aromatic amines is 1. The number of carbonyl (C=O) groups is 1. The molecule has 0 radical (unpaired) electrons. The van der Waals surface area contributed by atoms with E-state index in [2.05, 4.69) is 22.4 Å². The Morgan fingerprint density at radius 2 is 2.07 bits per heavy atom. The summed E-state index contributed by atoms with van der Waals surface area (Å²) in [6.45, 7) is 5.70. The minimum Gasteiger partial charge on any atom is -0.349 e. The van der Waals surface area contributed by atoms with Crippen LogP contribution in [0.3, 0.4) is 0 Å². The van der Waals surface area contributed by atoms with Gasteiger partial charge in [0, 0.05) is 17.2 Å². The number of aromatic nitrogens is 2. The molecule has 2 bridgehead atoms. The molecule has 0 unspecified atom stereocenters. The van der Waals surface area contributed by atoms with Crippen molar-refractivity contribution >= 4 is 17.5 Å². The summed E-state index contributed by atoms with van der Waals surface area (Å²) in [5, 5.41) is 10.1. The van der Waals surface area contributed by atoms with Crippen molar-refractivity contribution in [2.24, 2.45) is 17.8 Å². The van der Waals surface area contributed by atoms with Crippen LogP contribution < -0.4 is 10.9 Å². The van der Waals surface area contributed by atoms with Crippen LogP contribution in [-0.2, 0) is 0 Å². The van der Waals surface area contributed by atoms with Gasteiger partial charge in [0.15, 0.2) is 0 Å². The van der Waals surface area contributed by atoms with Gasteiger partial charge in [-0.2, -0.15) is 5.10 Å². The maximum absolute atomic E-state index is 13.0. The molecule has 5 nitrogen and oxygen atoms in total. The van der Waals surface area contributed by atoms with Crippen LogP contribution in [0.4, 0.5) is 0 Å². The van der Waals surface area contributed by atoms with E-state index in [0.29, 0.717) is 27.8 Å². The highest BCUT2D eigenvalue weighted by Crippen LogP contribution is 2.49. The molecule has 1 aromatic carbocycles. The summed E-state index contributed by atoms with van der Waals surface area (Å²) >= 11 is 6.35. The molecule has 4 rings (SSSR count). The first-order valence-electron chi connectivity index (χ1n) is 10.0. The molecule has 1 aromatic heterocycles. The average molecular weight is 400 g/mol. The Hall–Kier alpha value is -2.14. The van der Waals surface area contributed by atoms with Crippen molar-refractivity contribution in [2.75, 3.05) is 0 Å². The van der Waals surface area contributed by atoms with Gasteiger partial charge in [0.25, 0.3) is 11.5 Å². The number of halogens is 1. The van der Waals surface area contributed by atoms with Crippen LogP contribution >= 0.6 is 11.6 Å². The maximum atomic E-state index is 13.0. The SMILES string of the molecule is Cc1n[nH]c(=O)c(C)c1-c1ccc(Cl)c(C(=O)N[C@H](C)[C@@H]2C[C@H]3CC[C@H]2C3)c1. The van der Waals surface area contributed by atoms with Crippen LogP contribution in [0.25, 0.3) is 11.1 Å². The number of H-pyrrole nitrogens is 1. The van der Waals surface area contributed by atoms with E-state index in [4.69, 9.17) is 11.6 Å². The van der Waals surface area contributed by atoms with E-state index in [-0.39, 0.29) is 17.5 Å². The number of carbonyl (C=O) groups excluding carboxylic acids is 1. The van der Waals surface area contributed by atoms with Gasteiger partial charge in [-0.15, -0.1) is 0 Å². The molecule has 0 saturated heterocycles. The van der Waals surface area contributed by atoms with Crippen LogP contribution in [0.5, 0.6) is 0 Å². The summed E-state index contributed by atoms with van der Waals surface area (Å²) < 4.78 is 0. The van der Waals surface area contributed by atoms with Crippen LogP contribution in [0, 0.1) is 31.6 Å². The fourth-order valence-corrected chi connectivity index (χ4v) is 5.44. The molecule has 2 fully saturated rings. The summed E-state index contributed by atoms with van der Waals surface area (Å²) in [4.78, 5) is 25.0. The van der Waals surface area contributed by atoms with Crippen LogP contribution in [-0.4, -0.2) is 22.1 Å². The molecule has 6 heteroatoms. The molecule has 2 saturated carbocycles. The average Bonchev–Trinajstić information content (AvgIpc) is 3.29. The number of hydrogen-bond acceptors (Lipinski definition) is 3. The first-order chi connectivity index (χ1) is 13.3. The lowest BCUT2D eigenvalue weighted by molar-refractivity contribution is 0.0915. The number of nitrogens with one attached hydrogen (secondary N) is 2. The van der Waals surface area contributed by atoms with Gasteiger partial charge < -0.3 is 5.32 Å². The summed E-state index contributed by atoms with van der Waals surface area (Å²) in [6, 6.07) is 5.44. The number of nitrogens with zero attached hydrogens (tertiary/aromatic N) is 1. The van der Waals surface area contributed by atoms with Gasteiger partial charge in [-0.25, -0.2) is 5.10 Å². The molecule has 2 aliphatic rings. The van der Waals surface area contributed by atoms with Crippen LogP contribution in [0.15, 0.2) is 23.0 Å². The van der Waals surface area contributed by atoms with Crippen molar-refractivity contribution in [1.29, 1.82) is 0 Å². The summed E-state index contributed by atoms with van der Waals surface area (Å²) in [7, 11) is 0. The predicted octanol–water partition coefficient (Wildman–Crippen LogP) is 4.26. The lowest BCUT2D eigenvalue weighted by Crippen LogP contribution is -2.40. The Labute approximate surface area is 169 Å². The highest BCUT2D eigenvalue weighted by atomic mass is 35.5. The third kappa shape index (κ3) is 3.37. The predicted molar refractivity (Wildman–Crippen MR) is 111 cm³/mol. The molecular weight excluding hydrogens is 374 g/mol. The zero-order chi connectivity index (χ0) is 20.0. The van der Waals surface area contributed by atoms with E-state index in [1.807, 2.05) is 13.0 Å². The van der Waals surface area contributed by atoms with Crippen LogP contribution in [0.2, 0.25) is 5.02 Å². The van der Waals surface area contributed by atoms with E-state index in [0.717, 1.165) is 23.0 Å². The molecule has 0 aliphatic heterocycles. The van der Waals surface area contributed by atoms with Crippen molar-refractivity contribution in [3.8, 4) is 11.1 Å². The molecule has 2 N–H and O–H groups in total. The smallest absolute Gasteiger partial charge is 0.267 e. The molecule has 2 aromatic rings. The second kappa shape index (κ2) is 7.36. The largest absolute Gasteiger partial charge is 0.349 e. The number of benzene rings is 1. The fourth-order valence-electron chi connectivity index (χ4n) is 5.24. The van der Waals surface area contributed by atoms with Gasteiger partial charge in [0.05, 0.1) is 16.3 Å². The minimum absolute atomic E-state index is 0.132. The summed E-state index contributed by atoms with van der Waals surface area (Å²) in [6.07, 6.45) is 5.17. The van der Waals surface area contributed by atoms with Gasteiger partial charge in [0.2, 0.25) is 0 Å². The molecule has 1 heterocycles. The van der Waals surface area contributed by atoms with Crippen molar-refractivity contribution < 1.29 is 4.79 Å². The van der Waals surface area contributed by atoms with E-state index in [9.17, 15) is 9.59 Å². The Bertz CT molecular complexity index is 984. The molecule has 148 valence electrons. The Morgan fingerprint density at radius 3 is 2.75 bits per heavy atom. The maximum Gasteiger partial charge on any atom is 0.267 e. The topological polar surface area (TPSA) is 74.8 Å². The number of amides is 1. The van der Waals surface area contributed by atoms with E-state index in [1.54, 1.807) is 19.1 Å². The minimum atomic E-state index is -0.230. The van der Waals surface area contributed by atoms with Gasteiger partial charge in [0.1, 0.15) is 0 Å². The standard InChI is InChI=1S/C22H26ClN3O2/c1-11-20(13(3)25-26-21(11)27)16-6-7-19(23)18(10-16)22(28)24-12(2)17-9-14-4-5-15(17)8-14/h6-7,10,12,14-15,17H,4-5,8-9H2,1-3H3,(H,24,28)(H,26,27)/t12-,14+,15+,17+/m1/s1. The van der Waals surface area contributed by atoms with E-state index in [1.165, 1.54) is 25.7 Å². The Balaban J connectivity index is 1.60. The summed E-state index contributed by atoms with van der Waals surface area (Å²) in [5.74, 6) is 1.99. The molecule has 2 aliphatic carbocycles. The van der Waals surface area contributed by atoms with E-state index < -0.39 is 0 Å². The lowest BCUT2D eigenvalue weighted by Gasteiger charge is -2.28. The van der Waals surface area contributed by atoms with Crippen molar-refractivity contribution in [1.82, 2.24) is 15.5 Å². The molecular formula is C22H26ClN3O2. The monoisotopic (exact) mass is 399 g/mol. The Morgan fingerprint density at radius 1 is 1.29 bits per heavy atom. The summed E-state index contributed by atoms with van der Waals surface area (Å²) in [5.41, 5.74) is 3.02. The second-order valence-electron chi connectivity index (χ2n) is 8.43. The zero-order valence-corrected chi connectivity index (χ0v) is 17.3. The lowest BCUT2D eigenvalue weighted by atomic mass is 9.84. The molecule has 0 spiro atoms. The highest BCUT2D eigenvalue weighted by Gasteiger charge is 2.42. The Kier molecular flexibility index (Phi) is 5.04. The third-order valence-electron chi connectivity index (χ3n) is 6.70. The quantitative estimate of drug-likeness (QED) is 0.806. The highest BCUT2D eigenvalue weighted by molar-refractivity contribution is 6.34. The number of hydrogen-bond donors (Lipinski definition) is 2. The van der Waals surface area contributed by atoms with Crippen LogP contribution in [0.1, 0.15) is 54.2 Å². The van der Waals surface area contributed by atoms with Crippen molar-refractivity contribution in [3.05, 3.63) is 50.4 Å². The van der Waals surface area contributed by atoms with Gasteiger partial charge in [-0.05, 0) is 75.5 Å². The normalized spacial score (nSPS) is 24.4. The van der Waals surface area contributed by atoms with Crippen molar-refractivity contribution in [2.45, 2.75) is 52.5 Å². The number of fused-ring (bicyclic) bond motifs is 2. The first kappa shape index (κ1) is 19.2. The second-order valence-corrected chi connectivity index (χ2v) is 8.84. The number of rotatable bonds is 4. The molecule has 28 heavy (non-hydrogen) atoms. The molecule has 1 amide bonds. The van der Waals surface area contributed by atoms with Gasteiger partial charge in [-0.1, -0.05) is 24.1 Å². The van der Waals surface area contributed by atoms with E-state index >= 15 is 0 Å². The van der Waals surface area contributed by atoms with Crippen molar-refractivity contribution in [3.63, 3.8) is 0 Å².